The quantitative estimate of drug-likeness (QED) is 0.177. The fourth-order valence-corrected chi connectivity index (χ4v) is 20.7. The number of allylic oxidation sites excluding steroid dienone is 2. The van der Waals surface area contributed by atoms with Crippen LogP contribution in [-0.2, 0) is 17.9 Å². The van der Waals surface area contributed by atoms with Gasteiger partial charge in [-0.25, -0.2) is 0 Å². The first-order chi connectivity index (χ1) is 19.8. The van der Waals surface area contributed by atoms with Crippen molar-refractivity contribution in [1.82, 2.24) is 0 Å². The molecule has 0 spiro atoms. The normalized spacial score (nSPS) is 17.7. The monoisotopic (exact) mass is 654 g/mol. The predicted octanol–water partition coefficient (Wildman–Crippen LogP) is 12.3. The first-order valence-electron chi connectivity index (χ1n) is 15.0. The summed E-state index contributed by atoms with van der Waals surface area (Å²) in [4.78, 5) is 0. The van der Waals surface area contributed by atoms with E-state index in [1.807, 2.05) is 0 Å². The molecule has 2 atom stereocenters. The molecule has 0 aliphatic heterocycles. The average Bonchev–Trinajstić information content (AvgIpc) is 3.53. The van der Waals surface area contributed by atoms with Crippen LogP contribution in [0.4, 0.5) is 0 Å². The minimum atomic E-state index is -4.00. The fraction of sp³-hybridized carbons (Fsp3) is 0.263. The van der Waals surface area contributed by atoms with Gasteiger partial charge in [-0.3, -0.25) is 0 Å². The van der Waals surface area contributed by atoms with Gasteiger partial charge in [-0.2, -0.15) is 0 Å². The van der Waals surface area contributed by atoms with E-state index in [9.17, 15) is 0 Å². The molecular formula is C38H38Cl2Zr. The third-order valence-electron chi connectivity index (χ3n) is 8.88. The third-order valence-corrected chi connectivity index (χ3v) is 21.2. The molecule has 0 aromatic heterocycles. The Bertz CT molecular complexity index is 1520. The molecule has 0 amide bonds. The van der Waals surface area contributed by atoms with Crippen molar-refractivity contribution in [2.24, 2.45) is 0 Å². The van der Waals surface area contributed by atoms with Gasteiger partial charge < -0.3 is 0 Å². The Hall–Kier alpha value is -2.18. The molecule has 0 fully saturated rings. The zero-order valence-electron chi connectivity index (χ0n) is 24.5. The van der Waals surface area contributed by atoms with Crippen molar-refractivity contribution in [3.8, 4) is 22.3 Å². The molecule has 0 heterocycles. The van der Waals surface area contributed by atoms with Gasteiger partial charge in [0.15, 0.2) is 0 Å². The van der Waals surface area contributed by atoms with E-state index < -0.39 is 17.9 Å². The summed E-state index contributed by atoms with van der Waals surface area (Å²) in [5, 5.41) is 0. The Kier molecular flexibility index (Phi) is 8.35. The molecule has 0 radical (unpaired) electrons. The fourth-order valence-electron chi connectivity index (χ4n) is 6.98. The van der Waals surface area contributed by atoms with Gasteiger partial charge >= 0.3 is 259 Å². The molecule has 2 aliphatic carbocycles. The SMILES string of the molecule is CCCC1=Cc2c(-c3ccc(C)cc3)cccc2[CH]1[Zr]([Cl])([Cl])[CH]1C(CCC)=Cc2c(-c3ccc(C)cc3)cccc21. The first kappa shape index (κ1) is 28.9. The van der Waals surface area contributed by atoms with Gasteiger partial charge in [0.1, 0.15) is 0 Å². The van der Waals surface area contributed by atoms with Gasteiger partial charge in [0.25, 0.3) is 0 Å². The average molecular weight is 657 g/mol. The van der Waals surface area contributed by atoms with E-state index in [0.717, 1.165) is 25.7 Å². The van der Waals surface area contributed by atoms with Crippen molar-refractivity contribution in [3.63, 3.8) is 0 Å². The molecule has 4 aromatic rings. The van der Waals surface area contributed by atoms with Crippen molar-refractivity contribution in [2.75, 3.05) is 0 Å². The van der Waals surface area contributed by atoms with Crippen molar-refractivity contribution < 1.29 is 17.9 Å². The maximum absolute atomic E-state index is 8.00. The first-order valence-corrected chi connectivity index (χ1v) is 24.2. The number of hydrogen-bond donors (Lipinski definition) is 0. The summed E-state index contributed by atoms with van der Waals surface area (Å²) in [6.07, 6.45) is 9.11. The van der Waals surface area contributed by atoms with Gasteiger partial charge in [0.05, 0.1) is 0 Å². The molecule has 0 nitrogen and oxygen atoms in total. The van der Waals surface area contributed by atoms with Gasteiger partial charge in [0.2, 0.25) is 0 Å². The number of halogens is 2. The van der Waals surface area contributed by atoms with E-state index in [1.165, 1.54) is 66.8 Å². The van der Waals surface area contributed by atoms with Crippen LogP contribution in [0, 0.1) is 13.8 Å². The standard InChI is InChI=1S/2C19H19.2ClH.Zr/c2*1-3-5-15-12-17-6-4-7-18(19(17)13-15)16-10-8-14(2)9-11-16;;;/h2*4,6-13H,3,5H2,1-2H3;2*1H;/q;;;;+2/p-2. The zero-order chi connectivity index (χ0) is 28.7. The van der Waals surface area contributed by atoms with Gasteiger partial charge in [-0.15, -0.1) is 0 Å². The van der Waals surface area contributed by atoms with Crippen molar-refractivity contribution in [1.29, 1.82) is 0 Å². The molecule has 0 saturated heterocycles. The Morgan fingerprint density at radius 1 is 0.561 bits per heavy atom. The summed E-state index contributed by atoms with van der Waals surface area (Å²) in [6, 6.07) is 31.3. The maximum atomic E-state index is 8.00. The second-order valence-corrected chi connectivity index (χ2v) is 26.5. The Morgan fingerprint density at radius 3 is 1.32 bits per heavy atom. The molecule has 0 bridgehead atoms. The third kappa shape index (κ3) is 5.29. The summed E-state index contributed by atoms with van der Waals surface area (Å²) in [6.45, 7) is 8.82. The van der Waals surface area contributed by atoms with Crippen LogP contribution in [0.5, 0.6) is 0 Å². The van der Waals surface area contributed by atoms with E-state index in [-0.39, 0.29) is 7.25 Å². The molecular weight excluding hydrogens is 619 g/mol. The van der Waals surface area contributed by atoms with Crippen LogP contribution >= 0.6 is 17.0 Å². The Labute approximate surface area is 257 Å². The summed E-state index contributed by atoms with van der Waals surface area (Å²) < 4.78 is 0.263. The molecule has 0 N–H and O–H groups in total. The number of rotatable bonds is 8. The van der Waals surface area contributed by atoms with E-state index >= 15 is 0 Å². The van der Waals surface area contributed by atoms with Crippen LogP contribution in [0.3, 0.4) is 0 Å². The number of aryl methyl sites for hydroxylation is 2. The van der Waals surface area contributed by atoms with E-state index in [2.05, 4.69) is 125 Å². The number of fused-ring (bicyclic) bond motifs is 2. The van der Waals surface area contributed by atoms with Crippen LogP contribution in [0.25, 0.3) is 34.4 Å². The molecule has 6 rings (SSSR count). The molecule has 3 heteroatoms. The molecule has 208 valence electrons. The number of hydrogen-bond acceptors (Lipinski definition) is 0. The van der Waals surface area contributed by atoms with Crippen molar-refractivity contribution >= 4 is 29.2 Å². The molecule has 2 unspecified atom stereocenters. The van der Waals surface area contributed by atoms with Gasteiger partial charge in [-0.1, -0.05) is 0 Å². The molecule has 0 saturated carbocycles. The Balaban J connectivity index is 1.49. The summed E-state index contributed by atoms with van der Waals surface area (Å²) >= 11 is -4.00. The topological polar surface area (TPSA) is 0 Å². The Morgan fingerprint density at radius 2 is 0.951 bits per heavy atom. The van der Waals surface area contributed by atoms with Crippen LogP contribution in [-0.4, -0.2) is 0 Å². The van der Waals surface area contributed by atoms with Crippen LogP contribution in [0.15, 0.2) is 96.1 Å². The van der Waals surface area contributed by atoms with Crippen LogP contribution < -0.4 is 0 Å². The van der Waals surface area contributed by atoms with Crippen LogP contribution in [0.1, 0.15) is 80.2 Å². The van der Waals surface area contributed by atoms with Gasteiger partial charge in [-0.05, 0) is 0 Å². The molecule has 2 aliphatic rings. The second kappa shape index (κ2) is 11.8. The summed E-state index contributed by atoms with van der Waals surface area (Å²) in [5.74, 6) is 0. The molecule has 41 heavy (non-hydrogen) atoms. The summed E-state index contributed by atoms with van der Waals surface area (Å²) in [7, 11) is 16.0. The predicted molar refractivity (Wildman–Crippen MR) is 176 cm³/mol. The van der Waals surface area contributed by atoms with Crippen molar-refractivity contribution in [3.05, 3.63) is 129 Å². The van der Waals surface area contributed by atoms with E-state index in [1.54, 1.807) is 0 Å². The zero-order valence-corrected chi connectivity index (χ0v) is 28.4. The number of benzene rings is 4. The van der Waals surface area contributed by atoms with Gasteiger partial charge in [0, 0.05) is 0 Å². The molecule has 4 aromatic carbocycles. The second-order valence-electron chi connectivity index (χ2n) is 11.8. The summed E-state index contributed by atoms with van der Waals surface area (Å²) in [5.41, 5.74) is 15.8. The van der Waals surface area contributed by atoms with Crippen molar-refractivity contribution in [2.45, 2.75) is 60.6 Å². The van der Waals surface area contributed by atoms with Crippen LogP contribution in [0.2, 0.25) is 0 Å². The minimum absolute atomic E-state index is 0.132. The van der Waals surface area contributed by atoms with E-state index in [4.69, 9.17) is 17.0 Å². The van der Waals surface area contributed by atoms with E-state index in [0.29, 0.717) is 0 Å².